The van der Waals surface area contributed by atoms with Gasteiger partial charge in [0.2, 0.25) is 0 Å². The molecule has 1 amide bonds. The molecule has 2 aliphatic carbocycles. The molecule has 3 atom stereocenters. The molecule has 2 N–H and O–H groups in total. The molecule has 0 bridgehead atoms. The Morgan fingerprint density at radius 3 is 2.81 bits per heavy atom. The number of ether oxygens (including phenoxy) is 1. The van der Waals surface area contributed by atoms with E-state index >= 15 is 0 Å². The first kappa shape index (κ1) is 22.8. The van der Waals surface area contributed by atoms with Gasteiger partial charge in [0.05, 0.1) is 18.2 Å². The number of aryl methyl sites for hydroxylation is 1. The first-order valence-corrected chi connectivity index (χ1v) is 12.3. The lowest BCUT2D eigenvalue weighted by Gasteiger charge is -2.28. The number of amides is 1. The summed E-state index contributed by atoms with van der Waals surface area (Å²) in [5, 5.41) is 16.0. The molecule has 1 spiro atoms. The van der Waals surface area contributed by atoms with Crippen molar-refractivity contribution in [1.29, 1.82) is 5.26 Å². The quantitative estimate of drug-likeness (QED) is 0.578. The van der Waals surface area contributed by atoms with Crippen LogP contribution in [0.5, 0.6) is 0 Å². The van der Waals surface area contributed by atoms with Gasteiger partial charge >= 0.3 is 5.76 Å². The molecule has 6 rings (SSSR count). The molecule has 2 aromatic carbocycles. The molecule has 1 unspecified atom stereocenters. The predicted molar refractivity (Wildman–Crippen MR) is 134 cm³/mol. The van der Waals surface area contributed by atoms with Crippen LogP contribution in [-0.4, -0.2) is 42.3 Å². The number of carbonyl (C=O) groups excluding carboxylic acids is 1. The van der Waals surface area contributed by atoms with Gasteiger partial charge in [-0.15, -0.1) is 0 Å². The van der Waals surface area contributed by atoms with E-state index < -0.39 is 17.9 Å². The summed E-state index contributed by atoms with van der Waals surface area (Å²) >= 11 is 0. The number of hydrogen-bond acceptors (Lipinski definition) is 6. The molecule has 1 fully saturated rings. The fourth-order valence-corrected chi connectivity index (χ4v) is 5.43. The Bertz CT molecular complexity index is 1480. The molecule has 3 aromatic rings. The van der Waals surface area contributed by atoms with E-state index in [2.05, 4.69) is 23.1 Å². The molecule has 8 heteroatoms. The molecule has 1 aliphatic heterocycles. The van der Waals surface area contributed by atoms with Crippen LogP contribution in [0.15, 0.2) is 62.8 Å². The smallest absolute Gasteiger partial charge is 0.408 e. The predicted octanol–water partition coefficient (Wildman–Crippen LogP) is 2.63. The van der Waals surface area contributed by atoms with Crippen molar-refractivity contribution in [1.82, 2.24) is 15.2 Å². The zero-order valence-electron chi connectivity index (χ0n) is 20.0. The summed E-state index contributed by atoms with van der Waals surface area (Å²) in [4.78, 5) is 24.7. The third-order valence-corrected chi connectivity index (χ3v) is 7.66. The second-order valence-electron chi connectivity index (χ2n) is 9.99. The molecular formula is C28H27N4O4. The van der Waals surface area contributed by atoms with Crippen molar-refractivity contribution in [3.63, 3.8) is 0 Å². The summed E-state index contributed by atoms with van der Waals surface area (Å²) in [5.41, 5.74) is 7.03. The normalized spacial score (nSPS) is 23.8. The largest absolute Gasteiger partial charge is 0.419 e. The fourth-order valence-electron chi connectivity index (χ4n) is 5.43. The van der Waals surface area contributed by atoms with Gasteiger partial charge in [-0.05, 0) is 41.7 Å². The highest BCUT2D eigenvalue weighted by molar-refractivity contribution is 5.82. The SMILES string of the molecule is Cn1c(=O)oc2ccc(-c3ccc(C[C@@H](C#N)NC(=O)[C@@H]4CNCC5(CCC6=C5[CH]6)CO4)cc3)cc21. The van der Waals surface area contributed by atoms with E-state index in [1.807, 2.05) is 36.4 Å². The van der Waals surface area contributed by atoms with Gasteiger partial charge in [-0.3, -0.25) is 9.36 Å². The van der Waals surface area contributed by atoms with Crippen LogP contribution >= 0.6 is 0 Å². The minimum atomic E-state index is -0.654. The van der Waals surface area contributed by atoms with Crippen molar-refractivity contribution in [2.75, 3.05) is 19.7 Å². The van der Waals surface area contributed by atoms with Gasteiger partial charge in [-0.25, -0.2) is 4.79 Å². The standard InChI is InChI=1S/C28H27N4O4/c1-32-23-12-19(6-7-24(23)36-27(32)34)18-4-2-17(3-5-18)10-21(13-29)31-26(33)25-14-30-15-28(16-35-25)9-8-20-11-22(20)28/h2-7,11-12,21,25,30H,8-10,14-16H2,1H3,(H,31,33)/t21-,25-,28?/m0/s1. The van der Waals surface area contributed by atoms with Crippen molar-refractivity contribution in [3.05, 3.63) is 76.1 Å². The monoisotopic (exact) mass is 483 g/mol. The Kier molecular flexibility index (Phi) is 5.55. The van der Waals surface area contributed by atoms with Crippen LogP contribution in [0.25, 0.3) is 22.2 Å². The summed E-state index contributed by atoms with van der Waals surface area (Å²) in [5.74, 6) is -0.646. The van der Waals surface area contributed by atoms with E-state index in [0.717, 1.165) is 41.6 Å². The molecule has 8 nitrogen and oxygen atoms in total. The number of benzene rings is 2. The average molecular weight is 484 g/mol. The van der Waals surface area contributed by atoms with Crippen LogP contribution in [0.1, 0.15) is 18.4 Å². The van der Waals surface area contributed by atoms with Crippen molar-refractivity contribution < 1.29 is 13.9 Å². The van der Waals surface area contributed by atoms with E-state index in [0.29, 0.717) is 25.2 Å². The minimum absolute atomic E-state index is 0.0114. The van der Waals surface area contributed by atoms with Gasteiger partial charge in [-0.2, -0.15) is 5.26 Å². The maximum Gasteiger partial charge on any atom is 0.419 e. The van der Waals surface area contributed by atoms with Crippen LogP contribution in [0, 0.1) is 23.2 Å². The number of nitriles is 1. The van der Waals surface area contributed by atoms with Crippen LogP contribution in [-0.2, 0) is 23.0 Å². The van der Waals surface area contributed by atoms with Gasteiger partial charge in [0.15, 0.2) is 5.58 Å². The van der Waals surface area contributed by atoms with Crippen LogP contribution in [0.3, 0.4) is 0 Å². The lowest BCUT2D eigenvalue weighted by Crippen LogP contribution is -2.46. The highest BCUT2D eigenvalue weighted by atomic mass is 16.5. The molecular weight excluding hydrogens is 456 g/mol. The Morgan fingerprint density at radius 2 is 2.08 bits per heavy atom. The number of fused-ring (bicyclic) bond motifs is 2. The number of allylic oxidation sites excluding steroid dienone is 1. The molecule has 3 aliphatic rings. The molecule has 2 heterocycles. The fraction of sp³-hybridized carbons (Fsp3) is 0.357. The molecule has 1 saturated heterocycles. The molecule has 183 valence electrons. The summed E-state index contributed by atoms with van der Waals surface area (Å²) < 4.78 is 12.7. The average Bonchev–Trinajstić information content (AvgIpc) is 3.58. The molecule has 36 heavy (non-hydrogen) atoms. The zero-order valence-corrected chi connectivity index (χ0v) is 20.0. The highest BCUT2D eigenvalue weighted by Gasteiger charge is 2.49. The topological polar surface area (TPSA) is 109 Å². The second-order valence-corrected chi connectivity index (χ2v) is 9.99. The lowest BCUT2D eigenvalue weighted by molar-refractivity contribution is -0.133. The van der Waals surface area contributed by atoms with Gasteiger partial charge in [-0.1, -0.05) is 41.5 Å². The minimum Gasteiger partial charge on any atom is -0.408 e. The Balaban J connectivity index is 1.09. The van der Waals surface area contributed by atoms with Gasteiger partial charge in [0.1, 0.15) is 12.1 Å². The summed E-state index contributed by atoms with van der Waals surface area (Å²) in [7, 11) is 1.68. The van der Waals surface area contributed by atoms with E-state index in [1.54, 1.807) is 13.1 Å². The zero-order chi connectivity index (χ0) is 24.9. The number of hydrogen-bond donors (Lipinski definition) is 2. The maximum absolute atomic E-state index is 12.9. The van der Waals surface area contributed by atoms with E-state index in [-0.39, 0.29) is 11.3 Å². The van der Waals surface area contributed by atoms with Crippen molar-refractivity contribution >= 4 is 17.0 Å². The Labute approximate surface area is 208 Å². The summed E-state index contributed by atoms with van der Waals surface area (Å²) in [6, 6.07) is 15.0. The first-order valence-electron chi connectivity index (χ1n) is 12.3. The number of nitrogens with one attached hydrogen (secondary N) is 2. The number of aromatic nitrogens is 1. The van der Waals surface area contributed by atoms with Crippen LogP contribution < -0.4 is 16.4 Å². The number of nitrogens with zero attached hydrogens (tertiary/aromatic N) is 2. The number of carbonyl (C=O) groups is 1. The molecule has 1 radical (unpaired) electrons. The van der Waals surface area contributed by atoms with Gasteiger partial charge in [0.25, 0.3) is 5.91 Å². The number of oxazole rings is 1. The van der Waals surface area contributed by atoms with E-state index in [4.69, 9.17) is 9.15 Å². The third-order valence-electron chi connectivity index (χ3n) is 7.66. The van der Waals surface area contributed by atoms with E-state index in [9.17, 15) is 14.9 Å². The molecule has 0 saturated carbocycles. The summed E-state index contributed by atoms with van der Waals surface area (Å²) in [6.45, 7) is 1.80. The van der Waals surface area contributed by atoms with Crippen LogP contribution in [0.4, 0.5) is 0 Å². The van der Waals surface area contributed by atoms with Crippen molar-refractivity contribution in [2.24, 2.45) is 12.5 Å². The molecule has 1 aromatic heterocycles. The third kappa shape index (κ3) is 4.04. The van der Waals surface area contributed by atoms with Crippen molar-refractivity contribution in [3.8, 4) is 17.2 Å². The lowest BCUT2D eigenvalue weighted by atomic mass is 9.83. The Morgan fingerprint density at radius 1 is 1.28 bits per heavy atom. The van der Waals surface area contributed by atoms with Gasteiger partial charge in [0, 0.05) is 38.4 Å². The van der Waals surface area contributed by atoms with Crippen molar-refractivity contribution in [2.45, 2.75) is 31.4 Å². The maximum atomic E-state index is 12.9. The highest BCUT2D eigenvalue weighted by Crippen LogP contribution is 2.56. The van der Waals surface area contributed by atoms with E-state index in [1.165, 1.54) is 15.7 Å². The van der Waals surface area contributed by atoms with Crippen LogP contribution in [0.2, 0.25) is 0 Å². The number of rotatable bonds is 5. The Hall–Kier alpha value is -3.67. The second kappa shape index (κ2) is 8.77. The first-order chi connectivity index (χ1) is 17.5. The summed E-state index contributed by atoms with van der Waals surface area (Å²) in [6.07, 6.45) is 4.20. The van der Waals surface area contributed by atoms with Gasteiger partial charge < -0.3 is 19.8 Å².